The van der Waals surface area contributed by atoms with Gasteiger partial charge in [0, 0.05) is 11.7 Å². The fourth-order valence-corrected chi connectivity index (χ4v) is 2.58. The van der Waals surface area contributed by atoms with Crippen LogP contribution in [0.4, 0.5) is 10.1 Å². The predicted molar refractivity (Wildman–Crippen MR) is 74.6 cm³/mol. The van der Waals surface area contributed by atoms with Crippen LogP contribution >= 0.6 is 0 Å². The number of carbonyl (C=O) groups excluding carboxylic acids is 1. The molecule has 4 heteroatoms. The average molecular weight is 264 g/mol. The van der Waals surface area contributed by atoms with Crippen LogP contribution in [0.2, 0.25) is 0 Å². The highest BCUT2D eigenvalue weighted by Gasteiger charge is 2.26. The second kappa shape index (κ2) is 5.19. The Morgan fingerprint density at radius 3 is 2.58 bits per heavy atom. The maximum absolute atomic E-state index is 13.4. The number of nitrogens with two attached hydrogens (primary N) is 1. The van der Waals surface area contributed by atoms with Crippen molar-refractivity contribution in [1.29, 1.82) is 0 Å². The third kappa shape index (κ3) is 3.46. The molecule has 0 bridgehead atoms. The first-order chi connectivity index (χ1) is 8.87. The summed E-state index contributed by atoms with van der Waals surface area (Å²) in [6.45, 7) is 4.57. The Balaban J connectivity index is 2.04. The monoisotopic (exact) mass is 264 g/mol. The fourth-order valence-electron chi connectivity index (χ4n) is 2.58. The summed E-state index contributed by atoms with van der Waals surface area (Å²) in [5.74, 6) is -1.30. The van der Waals surface area contributed by atoms with Gasteiger partial charge in [-0.1, -0.05) is 13.8 Å². The molecule has 0 aliphatic heterocycles. The van der Waals surface area contributed by atoms with Gasteiger partial charge in [-0.2, -0.15) is 0 Å². The van der Waals surface area contributed by atoms with Crippen molar-refractivity contribution in [2.24, 2.45) is 11.1 Å². The van der Waals surface area contributed by atoms with Gasteiger partial charge in [0.15, 0.2) is 0 Å². The van der Waals surface area contributed by atoms with Gasteiger partial charge in [-0.05, 0) is 49.3 Å². The molecule has 1 aromatic carbocycles. The molecule has 0 aromatic heterocycles. The molecule has 0 heterocycles. The number of hydrogen-bond acceptors (Lipinski definition) is 2. The largest absolute Gasteiger partial charge is 0.382 e. The van der Waals surface area contributed by atoms with Gasteiger partial charge in [-0.25, -0.2) is 4.39 Å². The SMILES string of the molecule is CC1(C)CCC(Nc2ccc(F)c(C(N)=O)c2)CC1. The van der Waals surface area contributed by atoms with E-state index in [4.69, 9.17) is 5.73 Å². The van der Waals surface area contributed by atoms with E-state index in [1.807, 2.05) is 0 Å². The van der Waals surface area contributed by atoms with Gasteiger partial charge in [0.25, 0.3) is 5.91 Å². The van der Waals surface area contributed by atoms with Crippen LogP contribution in [0, 0.1) is 11.2 Å². The first-order valence-corrected chi connectivity index (χ1v) is 6.73. The maximum Gasteiger partial charge on any atom is 0.251 e. The minimum absolute atomic E-state index is 0.0545. The Bertz CT molecular complexity index is 475. The normalized spacial score (nSPS) is 19.1. The van der Waals surface area contributed by atoms with Crippen LogP contribution in [-0.2, 0) is 0 Å². The number of nitrogens with one attached hydrogen (secondary N) is 1. The van der Waals surface area contributed by atoms with Crippen LogP contribution in [0.3, 0.4) is 0 Å². The number of benzene rings is 1. The summed E-state index contributed by atoms with van der Waals surface area (Å²) in [5, 5.41) is 3.37. The summed E-state index contributed by atoms with van der Waals surface area (Å²) in [5.41, 5.74) is 6.27. The summed E-state index contributed by atoms with van der Waals surface area (Å²) in [6.07, 6.45) is 4.54. The van der Waals surface area contributed by atoms with Gasteiger partial charge in [-0.3, -0.25) is 4.79 Å². The Hall–Kier alpha value is -1.58. The highest BCUT2D eigenvalue weighted by Crippen LogP contribution is 2.36. The van der Waals surface area contributed by atoms with Crippen molar-refractivity contribution >= 4 is 11.6 Å². The molecule has 0 radical (unpaired) electrons. The predicted octanol–water partition coefficient (Wildman–Crippen LogP) is 3.31. The number of rotatable bonds is 3. The number of primary amides is 1. The Kier molecular flexibility index (Phi) is 3.78. The molecule has 1 aliphatic rings. The molecule has 1 aliphatic carbocycles. The maximum atomic E-state index is 13.4. The molecular weight excluding hydrogens is 243 g/mol. The second-order valence-corrected chi connectivity index (χ2v) is 6.14. The highest BCUT2D eigenvalue weighted by molar-refractivity contribution is 5.94. The van der Waals surface area contributed by atoms with Crippen molar-refractivity contribution in [1.82, 2.24) is 0 Å². The molecule has 2 rings (SSSR count). The molecule has 3 nitrogen and oxygen atoms in total. The molecule has 1 fully saturated rings. The number of amides is 1. The van der Waals surface area contributed by atoms with Crippen LogP contribution in [0.15, 0.2) is 18.2 Å². The second-order valence-electron chi connectivity index (χ2n) is 6.14. The Labute approximate surface area is 113 Å². The fraction of sp³-hybridized carbons (Fsp3) is 0.533. The highest BCUT2D eigenvalue weighted by atomic mass is 19.1. The molecule has 1 saturated carbocycles. The summed E-state index contributed by atoms with van der Waals surface area (Å²) in [4.78, 5) is 11.1. The van der Waals surface area contributed by atoms with E-state index in [-0.39, 0.29) is 5.56 Å². The van der Waals surface area contributed by atoms with Crippen LogP contribution in [-0.4, -0.2) is 11.9 Å². The van der Waals surface area contributed by atoms with E-state index in [1.165, 1.54) is 25.0 Å². The number of anilines is 1. The van der Waals surface area contributed by atoms with Crippen molar-refractivity contribution in [3.05, 3.63) is 29.6 Å². The summed E-state index contributed by atoms with van der Waals surface area (Å²) >= 11 is 0. The first kappa shape index (κ1) is 13.8. The zero-order chi connectivity index (χ0) is 14.0. The summed E-state index contributed by atoms with van der Waals surface area (Å²) in [7, 11) is 0. The average Bonchev–Trinajstić information content (AvgIpc) is 2.34. The minimum atomic E-state index is -0.731. The zero-order valence-corrected chi connectivity index (χ0v) is 11.5. The number of halogens is 1. The lowest BCUT2D eigenvalue weighted by molar-refractivity contribution is 0.0996. The van der Waals surface area contributed by atoms with E-state index in [1.54, 1.807) is 6.07 Å². The van der Waals surface area contributed by atoms with Crippen molar-refractivity contribution in [2.45, 2.75) is 45.6 Å². The molecule has 104 valence electrons. The Morgan fingerprint density at radius 2 is 2.00 bits per heavy atom. The molecule has 0 saturated heterocycles. The van der Waals surface area contributed by atoms with E-state index in [2.05, 4.69) is 19.2 Å². The number of carbonyl (C=O) groups is 1. The number of hydrogen-bond donors (Lipinski definition) is 2. The van der Waals surface area contributed by atoms with Crippen molar-refractivity contribution < 1.29 is 9.18 Å². The molecule has 0 atom stereocenters. The summed E-state index contributed by atoms with van der Waals surface area (Å²) in [6, 6.07) is 4.83. The van der Waals surface area contributed by atoms with Gasteiger partial charge in [0.05, 0.1) is 5.56 Å². The lowest BCUT2D eigenvalue weighted by Gasteiger charge is -2.35. The molecule has 3 N–H and O–H groups in total. The third-order valence-corrected chi connectivity index (χ3v) is 3.94. The van der Waals surface area contributed by atoms with Gasteiger partial charge < -0.3 is 11.1 Å². The third-order valence-electron chi connectivity index (χ3n) is 3.94. The van der Waals surface area contributed by atoms with E-state index < -0.39 is 11.7 Å². The van der Waals surface area contributed by atoms with Gasteiger partial charge in [-0.15, -0.1) is 0 Å². The van der Waals surface area contributed by atoms with Gasteiger partial charge in [0.1, 0.15) is 5.82 Å². The Morgan fingerprint density at radius 1 is 1.37 bits per heavy atom. The van der Waals surface area contributed by atoms with Crippen molar-refractivity contribution in [2.75, 3.05) is 5.32 Å². The standard InChI is InChI=1S/C15H21FN2O/c1-15(2)7-5-10(6-8-15)18-11-3-4-13(16)12(9-11)14(17)19/h3-4,9-10,18H,5-8H2,1-2H3,(H2,17,19). The lowest BCUT2D eigenvalue weighted by Crippen LogP contribution is -2.30. The molecule has 1 aromatic rings. The van der Waals surface area contributed by atoms with E-state index >= 15 is 0 Å². The minimum Gasteiger partial charge on any atom is -0.382 e. The van der Waals surface area contributed by atoms with E-state index in [9.17, 15) is 9.18 Å². The van der Waals surface area contributed by atoms with Crippen LogP contribution in [0.25, 0.3) is 0 Å². The molecular formula is C15H21FN2O. The van der Waals surface area contributed by atoms with Crippen LogP contribution < -0.4 is 11.1 Å². The quantitative estimate of drug-likeness (QED) is 0.880. The molecule has 19 heavy (non-hydrogen) atoms. The van der Waals surface area contributed by atoms with Gasteiger partial charge >= 0.3 is 0 Å². The zero-order valence-electron chi connectivity index (χ0n) is 11.5. The van der Waals surface area contributed by atoms with E-state index in [0.29, 0.717) is 11.5 Å². The first-order valence-electron chi connectivity index (χ1n) is 6.73. The summed E-state index contributed by atoms with van der Waals surface area (Å²) < 4.78 is 13.4. The van der Waals surface area contributed by atoms with Crippen molar-refractivity contribution in [3.63, 3.8) is 0 Å². The lowest BCUT2D eigenvalue weighted by atomic mass is 9.75. The topological polar surface area (TPSA) is 55.1 Å². The molecule has 1 amide bonds. The van der Waals surface area contributed by atoms with Crippen LogP contribution in [0.1, 0.15) is 49.9 Å². The van der Waals surface area contributed by atoms with Gasteiger partial charge in [0.2, 0.25) is 0 Å². The van der Waals surface area contributed by atoms with Crippen LogP contribution in [0.5, 0.6) is 0 Å². The molecule has 0 unspecified atom stereocenters. The van der Waals surface area contributed by atoms with E-state index in [0.717, 1.165) is 18.5 Å². The van der Waals surface area contributed by atoms with Crippen molar-refractivity contribution in [3.8, 4) is 0 Å². The molecule has 0 spiro atoms. The smallest absolute Gasteiger partial charge is 0.251 e.